The van der Waals surface area contributed by atoms with Gasteiger partial charge in [-0.05, 0) is 43.9 Å². The molecule has 1 aliphatic rings. The van der Waals surface area contributed by atoms with E-state index in [1.807, 2.05) is 25.3 Å². The highest BCUT2D eigenvalue weighted by Crippen LogP contribution is 2.25. The van der Waals surface area contributed by atoms with Gasteiger partial charge in [0, 0.05) is 57.8 Å². The summed E-state index contributed by atoms with van der Waals surface area (Å²) in [7, 11) is 0. The first-order chi connectivity index (χ1) is 18.9. The van der Waals surface area contributed by atoms with Crippen molar-refractivity contribution < 1.29 is 14.6 Å². The summed E-state index contributed by atoms with van der Waals surface area (Å²) in [5, 5.41) is 22.4. The van der Waals surface area contributed by atoms with E-state index in [2.05, 4.69) is 40.3 Å². The van der Waals surface area contributed by atoms with E-state index < -0.39 is 5.72 Å². The predicted molar refractivity (Wildman–Crippen MR) is 162 cm³/mol. The van der Waals surface area contributed by atoms with Gasteiger partial charge >= 0.3 is 0 Å². The fraction of sp³-hybridized carbons (Fsp3) is 0.742. The zero-order valence-corrected chi connectivity index (χ0v) is 24.8. The molecule has 5 N–H and O–H groups in total. The summed E-state index contributed by atoms with van der Waals surface area (Å²) in [4.78, 5) is 17.3. The van der Waals surface area contributed by atoms with E-state index in [-0.39, 0.29) is 17.9 Å². The minimum Gasteiger partial charge on any atom is -0.464 e. The minimum atomic E-state index is -0.832. The Hall–Kier alpha value is -2.00. The molecule has 1 aliphatic heterocycles. The molecule has 0 spiro atoms. The first kappa shape index (κ1) is 33.2. The van der Waals surface area contributed by atoms with Gasteiger partial charge in [0.2, 0.25) is 11.6 Å². The number of unbranched alkanes of at least 4 members (excludes halogenated alkanes) is 6. The van der Waals surface area contributed by atoms with Crippen molar-refractivity contribution in [1.29, 1.82) is 0 Å². The van der Waals surface area contributed by atoms with Crippen LogP contribution in [-0.2, 0) is 11.2 Å². The number of amides is 1. The standard InChI is InChI=1S/C31H55N5O3/c1-4-5-6-7-8-9-10-11-28-12-14-29(15-13-28)39-31(25-35-30(38)26(2)16-18-36-31)17-19-32-20-21-33-22-23-34-24-27(3)37/h12-15,18,26-27,32-34,37H,4-11,16-17,19-25H2,1-3H3,(H,35,38)/b36-18-. The zero-order valence-electron chi connectivity index (χ0n) is 24.8. The lowest BCUT2D eigenvalue weighted by Crippen LogP contribution is -2.50. The highest BCUT2D eigenvalue weighted by molar-refractivity contribution is 5.81. The highest BCUT2D eigenvalue weighted by atomic mass is 16.5. The van der Waals surface area contributed by atoms with Crippen LogP contribution in [0.15, 0.2) is 29.3 Å². The highest BCUT2D eigenvalue weighted by Gasteiger charge is 2.33. The fourth-order valence-electron chi connectivity index (χ4n) is 4.62. The van der Waals surface area contributed by atoms with Crippen LogP contribution in [0.25, 0.3) is 0 Å². The average molecular weight is 546 g/mol. The number of aliphatic hydroxyl groups is 1. The molecule has 0 radical (unpaired) electrons. The number of carbonyl (C=O) groups is 1. The van der Waals surface area contributed by atoms with Gasteiger partial charge in [-0.15, -0.1) is 0 Å². The number of aliphatic imine (C=N–C) groups is 1. The third kappa shape index (κ3) is 14.8. The predicted octanol–water partition coefficient (Wildman–Crippen LogP) is 3.82. The molecule has 1 heterocycles. The maximum absolute atomic E-state index is 12.4. The van der Waals surface area contributed by atoms with Crippen LogP contribution in [0, 0.1) is 5.92 Å². The van der Waals surface area contributed by atoms with Crippen molar-refractivity contribution in [3.05, 3.63) is 29.8 Å². The van der Waals surface area contributed by atoms with Crippen molar-refractivity contribution in [2.24, 2.45) is 10.9 Å². The monoisotopic (exact) mass is 545 g/mol. The number of hydrogen-bond acceptors (Lipinski definition) is 7. The van der Waals surface area contributed by atoms with Gasteiger partial charge in [0.1, 0.15) is 5.75 Å². The Bertz CT molecular complexity index is 802. The van der Waals surface area contributed by atoms with Crippen LogP contribution in [0.4, 0.5) is 0 Å². The van der Waals surface area contributed by atoms with Crippen LogP contribution in [0.1, 0.15) is 84.1 Å². The van der Waals surface area contributed by atoms with Gasteiger partial charge in [-0.2, -0.15) is 0 Å². The second kappa shape index (κ2) is 20.0. The number of carbonyl (C=O) groups excluding carboxylic acids is 1. The van der Waals surface area contributed by atoms with E-state index in [4.69, 9.17) is 9.73 Å². The van der Waals surface area contributed by atoms with Crippen LogP contribution < -0.4 is 26.0 Å². The number of nitrogens with zero attached hydrogens (tertiary/aromatic N) is 1. The van der Waals surface area contributed by atoms with E-state index in [9.17, 15) is 9.90 Å². The Labute approximate surface area is 237 Å². The summed E-state index contributed by atoms with van der Waals surface area (Å²) in [6.45, 7) is 11.0. The van der Waals surface area contributed by atoms with Gasteiger partial charge in [0.25, 0.3) is 0 Å². The molecule has 8 nitrogen and oxygen atoms in total. The number of aliphatic hydroxyl groups excluding tert-OH is 1. The lowest BCUT2D eigenvalue weighted by Gasteiger charge is -2.33. The molecule has 3 unspecified atom stereocenters. The maximum Gasteiger partial charge on any atom is 0.223 e. The molecule has 2 rings (SSSR count). The molecule has 0 bridgehead atoms. The van der Waals surface area contributed by atoms with E-state index >= 15 is 0 Å². The van der Waals surface area contributed by atoms with Crippen LogP contribution >= 0.6 is 0 Å². The zero-order chi connectivity index (χ0) is 28.2. The van der Waals surface area contributed by atoms with Gasteiger partial charge in [-0.3, -0.25) is 9.79 Å². The first-order valence-electron chi connectivity index (χ1n) is 15.3. The second-order valence-electron chi connectivity index (χ2n) is 11.0. The SMILES string of the molecule is CCCCCCCCCc1ccc(OC2(CCNCCNCCNCC(C)O)CNC(=O)C(C)C/C=N\2)cc1. The van der Waals surface area contributed by atoms with Crippen molar-refractivity contribution in [3.8, 4) is 5.75 Å². The van der Waals surface area contributed by atoms with E-state index in [1.54, 1.807) is 6.92 Å². The largest absolute Gasteiger partial charge is 0.464 e. The van der Waals surface area contributed by atoms with Gasteiger partial charge in [-0.25, -0.2) is 0 Å². The van der Waals surface area contributed by atoms with Crippen molar-refractivity contribution in [2.45, 2.75) is 96.8 Å². The Kier molecular flexibility index (Phi) is 17.0. The number of hydrogen-bond donors (Lipinski definition) is 5. The topological polar surface area (TPSA) is 107 Å². The number of rotatable bonds is 21. The third-order valence-electron chi connectivity index (χ3n) is 7.16. The number of ether oxygens (including phenoxy) is 1. The van der Waals surface area contributed by atoms with E-state index in [1.165, 1.54) is 50.5 Å². The Balaban J connectivity index is 1.82. The van der Waals surface area contributed by atoms with Crippen LogP contribution in [0.5, 0.6) is 5.75 Å². The summed E-state index contributed by atoms with van der Waals surface area (Å²) in [5.74, 6) is 0.738. The summed E-state index contributed by atoms with van der Waals surface area (Å²) >= 11 is 0. The third-order valence-corrected chi connectivity index (χ3v) is 7.16. The Morgan fingerprint density at radius 2 is 1.64 bits per heavy atom. The van der Waals surface area contributed by atoms with Crippen molar-refractivity contribution in [3.63, 3.8) is 0 Å². The normalized spacial score (nSPS) is 21.1. The number of benzene rings is 1. The molecule has 0 saturated carbocycles. The van der Waals surface area contributed by atoms with E-state index in [0.717, 1.165) is 44.9 Å². The van der Waals surface area contributed by atoms with Crippen LogP contribution in [0.2, 0.25) is 0 Å². The molecule has 39 heavy (non-hydrogen) atoms. The molecule has 0 aromatic heterocycles. The molecule has 1 aromatic rings. The summed E-state index contributed by atoms with van der Waals surface area (Å²) < 4.78 is 6.49. The molecule has 0 fully saturated rings. The van der Waals surface area contributed by atoms with E-state index in [0.29, 0.717) is 25.9 Å². The summed E-state index contributed by atoms with van der Waals surface area (Å²) in [6.07, 6.45) is 13.1. The quantitative estimate of drug-likeness (QED) is 0.150. The lowest BCUT2D eigenvalue weighted by molar-refractivity contribution is -0.125. The Morgan fingerprint density at radius 1 is 1.00 bits per heavy atom. The van der Waals surface area contributed by atoms with Gasteiger partial charge in [-0.1, -0.05) is 64.5 Å². The molecular formula is C31H55N5O3. The Morgan fingerprint density at radius 3 is 2.33 bits per heavy atom. The minimum absolute atomic E-state index is 0.0422. The van der Waals surface area contributed by atoms with Crippen LogP contribution in [-0.4, -0.2) is 74.9 Å². The summed E-state index contributed by atoms with van der Waals surface area (Å²) in [5.41, 5.74) is 0.504. The molecule has 8 heteroatoms. The molecule has 222 valence electrons. The molecule has 0 aliphatic carbocycles. The molecule has 3 atom stereocenters. The van der Waals surface area contributed by atoms with Gasteiger partial charge < -0.3 is 31.1 Å². The summed E-state index contributed by atoms with van der Waals surface area (Å²) in [6, 6.07) is 8.40. The second-order valence-corrected chi connectivity index (χ2v) is 11.0. The molecule has 1 amide bonds. The number of nitrogens with one attached hydrogen (secondary N) is 4. The maximum atomic E-state index is 12.4. The molecule has 0 saturated heterocycles. The smallest absolute Gasteiger partial charge is 0.223 e. The average Bonchev–Trinajstić information content (AvgIpc) is 2.92. The van der Waals surface area contributed by atoms with Crippen LogP contribution in [0.3, 0.4) is 0 Å². The number of aryl methyl sites for hydroxylation is 1. The van der Waals surface area contributed by atoms with Crippen molar-refractivity contribution >= 4 is 12.1 Å². The van der Waals surface area contributed by atoms with Gasteiger partial charge in [0.05, 0.1) is 12.6 Å². The van der Waals surface area contributed by atoms with Crippen molar-refractivity contribution in [1.82, 2.24) is 21.3 Å². The van der Waals surface area contributed by atoms with Gasteiger partial charge in [0.15, 0.2) is 0 Å². The molecule has 1 aromatic carbocycles. The first-order valence-corrected chi connectivity index (χ1v) is 15.3. The lowest BCUT2D eigenvalue weighted by atomic mass is 10.0. The fourth-order valence-corrected chi connectivity index (χ4v) is 4.62. The molecular weight excluding hydrogens is 490 g/mol. The van der Waals surface area contributed by atoms with Crippen molar-refractivity contribution in [2.75, 3.05) is 45.8 Å².